The lowest BCUT2D eigenvalue weighted by Crippen LogP contribution is -2.50. The Labute approximate surface area is 152 Å². The lowest BCUT2D eigenvalue weighted by atomic mass is 9.62. The third-order valence-electron chi connectivity index (χ3n) is 6.04. The van der Waals surface area contributed by atoms with Gasteiger partial charge in [0.15, 0.2) is 17.3 Å². The summed E-state index contributed by atoms with van der Waals surface area (Å²) in [6, 6.07) is 5.45. The van der Waals surface area contributed by atoms with Crippen LogP contribution < -0.4 is 9.47 Å². The fourth-order valence-corrected chi connectivity index (χ4v) is 4.68. The first-order valence-corrected chi connectivity index (χ1v) is 8.80. The van der Waals surface area contributed by atoms with Gasteiger partial charge in [-0.1, -0.05) is 6.07 Å². The molecule has 2 saturated heterocycles. The molecule has 2 aliphatic heterocycles. The normalized spacial score (nSPS) is 30.0. The summed E-state index contributed by atoms with van der Waals surface area (Å²) < 4.78 is 22.4. The zero-order valence-electron chi connectivity index (χ0n) is 15.2. The average molecular weight is 361 g/mol. The number of carbonyl (C=O) groups is 2. The fourth-order valence-electron chi connectivity index (χ4n) is 4.68. The fraction of sp³-hybridized carbons (Fsp3) is 0.579. The molecule has 4 rings (SSSR count). The lowest BCUT2D eigenvalue weighted by molar-refractivity contribution is -0.196. The molecule has 2 amide bonds. The van der Waals surface area contributed by atoms with Crippen LogP contribution in [0.25, 0.3) is 0 Å². The maximum atomic E-state index is 13.2. The van der Waals surface area contributed by atoms with Crippen molar-refractivity contribution in [2.45, 2.75) is 30.5 Å². The number of rotatable bonds is 3. The van der Waals surface area contributed by atoms with E-state index in [1.54, 1.807) is 27.3 Å². The van der Waals surface area contributed by atoms with E-state index < -0.39 is 17.1 Å². The second-order valence-electron chi connectivity index (χ2n) is 7.11. The molecular formula is C19H23NO6. The zero-order valence-corrected chi connectivity index (χ0v) is 15.2. The minimum atomic E-state index is -0.911. The smallest absolute Gasteiger partial charge is 0.240 e. The minimum absolute atomic E-state index is 0.174. The number of carbonyl (C=O) groups excluding carboxylic acids is 2. The standard InChI is InChI=1S/C19H23NO6/c1-20-16(21)13-11-18(25-8-9-26-18)6-7-19(13,17(20)22)12-4-5-14(23-2)15(10-12)24-3/h4-5,10,13H,6-9,11H2,1-3H3/t13-,19+/m1/s1. The number of hydrogen-bond donors (Lipinski definition) is 0. The van der Waals surface area contributed by atoms with Crippen LogP contribution in [-0.2, 0) is 24.5 Å². The SMILES string of the molecule is COc1ccc([C@@]23CCC4(C[C@@H]2C(=O)N(C)C3=O)OCCO4)cc1OC. The third-order valence-corrected chi connectivity index (χ3v) is 6.04. The molecule has 7 nitrogen and oxygen atoms in total. The number of imide groups is 1. The Hall–Kier alpha value is -2.12. The van der Waals surface area contributed by atoms with Gasteiger partial charge in [-0.15, -0.1) is 0 Å². The summed E-state index contributed by atoms with van der Waals surface area (Å²) in [5, 5.41) is 0. The van der Waals surface area contributed by atoms with Crippen LogP contribution in [0.15, 0.2) is 18.2 Å². The van der Waals surface area contributed by atoms with E-state index in [9.17, 15) is 9.59 Å². The number of fused-ring (bicyclic) bond motifs is 1. The predicted octanol–water partition coefficient (Wildman–Crippen LogP) is 1.48. The van der Waals surface area contributed by atoms with Crippen LogP contribution in [0, 0.1) is 5.92 Å². The Balaban J connectivity index is 1.81. The molecule has 0 aromatic heterocycles. The van der Waals surface area contributed by atoms with Crippen LogP contribution in [0.2, 0.25) is 0 Å². The highest BCUT2D eigenvalue weighted by atomic mass is 16.7. The van der Waals surface area contributed by atoms with Gasteiger partial charge in [0.1, 0.15) is 0 Å². The van der Waals surface area contributed by atoms with Gasteiger partial charge in [-0.05, 0) is 24.1 Å². The Morgan fingerprint density at radius 3 is 2.42 bits per heavy atom. The van der Waals surface area contributed by atoms with Crippen LogP contribution in [0.4, 0.5) is 0 Å². The monoisotopic (exact) mass is 361 g/mol. The molecule has 2 atom stereocenters. The molecule has 1 aromatic carbocycles. The largest absolute Gasteiger partial charge is 0.493 e. The number of benzene rings is 1. The van der Waals surface area contributed by atoms with E-state index in [-0.39, 0.29) is 11.8 Å². The number of methoxy groups -OCH3 is 2. The highest BCUT2D eigenvalue weighted by molar-refractivity contribution is 6.10. The molecule has 1 saturated carbocycles. The van der Waals surface area contributed by atoms with Gasteiger partial charge < -0.3 is 18.9 Å². The van der Waals surface area contributed by atoms with Crippen LogP contribution in [0.5, 0.6) is 11.5 Å². The molecule has 26 heavy (non-hydrogen) atoms. The molecule has 0 N–H and O–H groups in total. The molecule has 1 spiro atoms. The molecule has 2 heterocycles. The van der Waals surface area contributed by atoms with Gasteiger partial charge in [0.2, 0.25) is 11.8 Å². The Kier molecular flexibility index (Phi) is 3.96. The molecule has 1 aliphatic carbocycles. The van der Waals surface area contributed by atoms with E-state index in [2.05, 4.69) is 0 Å². The predicted molar refractivity (Wildman–Crippen MR) is 91.0 cm³/mol. The molecule has 3 aliphatic rings. The van der Waals surface area contributed by atoms with Crippen molar-refractivity contribution in [2.24, 2.45) is 5.92 Å². The van der Waals surface area contributed by atoms with Crippen molar-refractivity contribution in [2.75, 3.05) is 34.5 Å². The van der Waals surface area contributed by atoms with Gasteiger partial charge in [-0.25, -0.2) is 0 Å². The van der Waals surface area contributed by atoms with Crippen molar-refractivity contribution in [1.29, 1.82) is 0 Å². The number of ether oxygens (including phenoxy) is 4. The van der Waals surface area contributed by atoms with Crippen molar-refractivity contribution >= 4 is 11.8 Å². The highest BCUT2D eigenvalue weighted by Crippen LogP contribution is 2.55. The maximum Gasteiger partial charge on any atom is 0.240 e. The molecule has 7 heteroatoms. The zero-order chi connectivity index (χ0) is 18.5. The maximum absolute atomic E-state index is 13.2. The highest BCUT2D eigenvalue weighted by Gasteiger charge is 2.64. The van der Waals surface area contributed by atoms with Crippen LogP contribution >= 0.6 is 0 Å². The third kappa shape index (κ3) is 2.20. The van der Waals surface area contributed by atoms with E-state index in [1.807, 2.05) is 12.1 Å². The number of hydrogen-bond acceptors (Lipinski definition) is 6. The van der Waals surface area contributed by atoms with Crippen molar-refractivity contribution in [1.82, 2.24) is 4.90 Å². The number of amides is 2. The van der Waals surface area contributed by atoms with Crippen LogP contribution in [0.3, 0.4) is 0 Å². The first-order valence-electron chi connectivity index (χ1n) is 8.80. The number of nitrogens with zero attached hydrogens (tertiary/aromatic N) is 1. The first-order chi connectivity index (χ1) is 12.5. The quantitative estimate of drug-likeness (QED) is 0.760. The van der Waals surface area contributed by atoms with Crippen molar-refractivity contribution < 1.29 is 28.5 Å². The van der Waals surface area contributed by atoms with Crippen LogP contribution in [-0.4, -0.2) is 57.0 Å². The molecule has 3 fully saturated rings. The van der Waals surface area contributed by atoms with Gasteiger partial charge in [0.05, 0.1) is 38.8 Å². The Morgan fingerprint density at radius 2 is 1.77 bits per heavy atom. The van der Waals surface area contributed by atoms with E-state index >= 15 is 0 Å². The van der Waals surface area contributed by atoms with Gasteiger partial charge >= 0.3 is 0 Å². The number of likely N-dealkylation sites (N-methyl/N-ethyl adjacent to an activating group) is 1. The summed E-state index contributed by atoms with van der Waals surface area (Å²) in [5.41, 5.74) is -0.137. The molecule has 1 aromatic rings. The van der Waals surface area contributed by atoms with E-state index in [1.165, 1.54) is 4.90 Å². The van der Waals surface area contributed by atoms with E-state index in [0.717, 1.165) is 5.56 Å². The van der Waals surface area contributed by atoms with Gasteiger partial charge in [-0.2, -0.15) is 0 Å². The molecule has 0 radical (unpaired) electrons. The summed E-state index contributed by atoms with van der Waals surface area (Å²) >= 11 is 0. The first kappa shape index (κ1) is 17.3. The van der Waals surface area contributed by atoms with Crippen molar-refractivity contribution in [3.8, 4) is 11.5 Å². The van der Waals surface area contributed by atoms with E-state index in [0.29, 0.717) is 44.0 Å². The minimum Gasteiger partial charge on any atom is -0.493 e. The number of likely N-dealkylation sites (tertiary alicyclic amines) is 1. The average Bonchev–Trinajstić information content (AvgIpc) is 3.20. The topological polar surface area (TPSA) is 74.3 Å². The summed E-state index contributed by atoms with van der Waals surface area (Å²) in [7, 11) is 4.67. The summed E-state index contributed by atoms with van der Waals surface area (Å²) in [6.45, 7) is 1.04. The van der Waals surface area contributed by atoms with Gasteiger partial charge in [-0.3, -0.25) is 14.5 Å². The van der Waals surface area contributed by atoms with Crippen molar-refractivity contribution in [3.63, 3.8) is 0 Å². The van der Waals surface area contributed by atoms with Gasteiger partial charge in [0.25, 0.3) is 0 Å². The Morgan fingerprint density at radius 1 is 1.08 bits per heavy atom. The summed E-state index contributed by atoms with van der Waals surface area (Å²) in [5.74, 6) is -0.475. The van der Waals surface area contributed by atoms with Crippen LogP contribution in [0.1, 0.15) is 24.8 Å². The summed E-state index contributed by atoms with van der Waals surface area (Å²) in [4.78, 5) is 27.3. The van der Waals surface area contributed by atoms with E-state index in [4.69, 9.17) is 18.9 Å². The van der Waals surface area contributed by atoms with Gasteiger partial charge in [0, 0.05) is 19.9 Å². The lowest BCUT2D eigenvalue weighted by Gasteiger charge is -2.43. The molecule has 0 unspecified atom stereocenters. The second kappa shape index (κ2) is 5.96. The molecular weight excluding hydrogens is 338 g/mol. The second-order valence-corrected chi connectivity index (χ2v) is 7.11. The Bertz CT molecular complexity index is 756. The molecule has 0 bridgehead atoms. The van der Waals surface area contributed by atoms with Crippen molar-refractivity contribution in [3.05, 3.63) is 23.8 Å². The molecule has 140 valence electrons. The summed E-state index contributed by atoms with van der Waals surface area (Å²) in [6.07, 6.45) is 1.45.